The highest BCUT2D eigenvalue weighted by atomic mass is 35.5. The van der Waals surface area contributed by atoms with Crippen LogP contribution in [0.25, 0.3) is 0 Å². The van der Waals surface area contributed by atoms with Gasteiger partial charge in [0.2, 0.25) is 0 Å². The van der Waals surface area contributed by atoms with Gasteiger partial charge < -0.3 is 10.2 Å². The number of halogens is 1. The first-order chi connectivity index (χ1) is 9.08. The van der Waals surface area contributed by atoms with Crippen LogP contribution in [-0.2, 0) is 13.6 Å². The topological polar surface area (TPSA) is 33.1 Å². The molecule has 1 N–H and O–H groups in total. The number of hydrogen-bond acceptors (Lipinski definition) is 3. The van der Waals surface area contributed by atoms with Crippen LogP contribution in [-0.4, -0.2) is 40.4 Å². The minimum absolute atomic E-state index is 0.480. The number of likely N-dealkylation sites (tertiary alicyclic amines) is 1. The van der Waals surface area contributed by atoms with Gasteiger partial charge in [-0.3, -0.25) is 4.68 Å². The van der Waals surface area contributed by atoms with E-state index in [2.05, 4.69) is 22.2 Å². The number of nitrogens with one attached hydrogen (secondary N) is 1. The van der Waals surface area contributed by atoms with Crippen LogP contribution in [0.3, 0.4) is 0 Å². The molecule has 1 unspecified atom stereocenters. The maximum Gasteiger partial charge on any atom is 0.131 e. The zero-order valence-corrected chi connectivity index (χ0v) is 13.0. The molecule has 0 radical (unpaired) electrons. The third-order valence-corrected chi connectivity index (χ3v) is 4.35. The van der Waals surface area contributed by atoms with E-state index in [1.807, 2.05) is 14.0 Å². The van der Waals surface area contributed by atoms with Gasteiger partial charge in [0.05, 0.1) is 5.69 Å². The van der Waals surface area contributed by atoms with Crippen LogP contribution in [0.4, 0.5) is 0 Å². The number of aryl methyl sites for hydroxylation is 2. The molecule has 0 aromatic carbocycles. The number of hydrogen-bond donors (Lipinski definition) is 1. The van der Waals surface area contributed by atoms with Gasteiger partial charge in [0.15, 0.2) is 0 Å². The number of nitrogens with zero attached hydrogens (tertiary/aromatic N) is 3. The van der Waals surface area contributed by atoms with E-state index in [1.54, 1.807) is 4.68 Å². The molecule has 0 saturated carbocycles. The quantitative estimate of drug-likeness (QED) is 0.901. The van der Waals surface area contributed by atoms with Crippen molar-refractivity contribution in [3.63, 3.8) is 0 Å². The number of aromatic nitrogens is 2. The van der Waals surface area contributed by atoms with E-state index in [9.17, 15) is 0 Å². The van der Waals surface area contributed by atoms with Crippen LogP contribution in [0, 0.1) is 6.92 Å². The van der Waals surface area contributed by atoms with Crippen LogP contribution < -0.4 is 5.32 Å². The first-order valence-electron chi connectivity index (χ1n) is 7.21. The Morgan fingerprint density at radius 1 is 1.32 bits per heavy atom. The molecule has 5 heteroatoms. The molecule has 1 aromatic heterocycles. The van der Waals surface area contributed by atoms with Gasteiger partial charge in [-0.05, 0) is 39.8 Å². The van der Waals surface area contributed by atoms with Crippen molar-refractivity contribution >= 4 is 11.6 Å². The monoisotopic (exact) mass is 284 g/mol. The second-order valence-corrected chi connectivity index (χ2v) is 5.98. The third kappa shape index (κ3) is 3.94. The average molecular weight is 285 g/mol. The summed E-state index contributed by atoms with van der Waals surface area (Å²) in [6.07, 6.45) is 4.09. The van der Waals surface area contributed by atoms with E-state index in [1.165, 1.54) is 32.4 Å². The first kappa shape index (κ1) is 14.8. The van der Waals surface area contributed by atoms with Crippen molar-refractivity contribution in [1.82, 2.24) is 20.0 Å². The van der Waals surface area contributed by atoms with Gasteiger partial charge in [-0.25, -0.2) is 0 Å². The molecule has 2 heterocycles. The van der Waals surface area contributed by atoms with Gasteiger partial charge >= 0.3 is 0 Å². The normalized spacial score (nSPS) is 18.7. The van der Waals surface area contributed by atoms with E-state index in [0.29, 0.717) is 6.04 Å². The molecule has 0 aliphatic carbocycles. The summed E-state index contributed by atoms with van der Waals surface area (Å²) in [5.41, 5.74) is 2.14. The number of piperidine rings is 1. The summed E-state index contributed by atoms with van der Waals surface area (Å²) in [7, 11) is 1.88. The Kier molecular flexibility index (Phi) is 5.25. The average Bonchev–Trinajstić information content (AvgIpc) is 2.62. The Labute approximate surface area is 121 Å². The van der Waals surface area contributed by atoms with Gasteiger partial charge in [0, 0.05) is 31.7 Å². The Hall–Kier alpha value is -0.580. The van der Waals surface area contributed by atoms with Crippen LogP contribution in [0.5, 0.6) is 0 Å². The van der Waals surface area contributed by atoms with Crippen LogP contribution in [0.1, 0.15) is 37.4 Å². The van der Waals surface area contributed by atoms with Crippen LogP contribution in [0.2, 0.25) is 5.15 Å². The predicted molar refractivity (Wildman–Crippen MR) is 79.5 cm³/mol. The van der Waals surface area contributed by atoms with Crippen molar-refractivity contribution in [2.24, 2.45) is 7.05 Å². The summed E-state index contributed by atoms with van der Waals surface area (Å²) in [5.74, 6) is 0. The summed E-state index contributed by atoms with van der Waals surface area (Å²) in [6.45, 7) is 8.67. The highest BCUT2D eigenvalue weighted by molar-refractivity contribution is 6.30. The van der Waals surface area contributed by atoms with Gasteiger partial charge in [-0.2, -0.15) is 5.10 Å². The highest BCUT2D eigenvalue weighted by Gasteiger charge is 2.15. The van der Waals surface area contributed by atoms with Crippen molar-refractivity contribution in [3.05, 3.63) is 16.4 Å². The van der Waals surface area contributed by atoms with Crippen molar-refractivity contribution in [3.8, 4) is 0 Å². The lowest BCUT2D eigenvalue weighted by Gasteiger charge is -2.29. The summed E-state index contributed by atoms with van der Waals surface area (Å²) in [4.78, 5) is 2.55. The highest BCUT2D eigenvalue weighted by Crippen LogP contribution is 2.18. The fourth-order valence-electron chi connectivity index (χ4n) is 2.74. The lowest BCUT2D eigenvalue weighted by molar-refractivity contribution is 0.209. The largest absolute Gasteiger partial charge is 0.309 e. The van der Waals surface area contributed by atoms with Gasteiger partial charge in [-0.1, -0.05) is 18.0 Å². The molecule has 0 spiro atoms. The van der Waals surface area contributed by atoms with E-state index >= 15 is 0 Å². The molecule has 19 heavy (non-hydrogen) atoms. The van der Waals surface area contributed by atoms with Crippen molar-refractivity contribution < 1.29 is 0 Å². The van der Waals surface area contributed by atoms with Crippen molar-refractivity contribution in [1.29, 1.82) is 0 Å². The lowest BCUT2D eigenvalue weighted by atomic mass is 10.1. The SMILES string of the molecule is Cc1nn(C)c(Cl)c1CNC(C)CN1CCCCC1. The van der Waals surface area contributed by atoms with Crippen LogP contribution >= 0.6 is 11.6 Å². The predicted octanol–water partition coefficient (Wildman–Crippen LogP) is 2.35. The maximum atomic E-state index is 6.24. The summed E-state index contributed by atoms with van der Waals surface area (Å²) < 4.78 is 1.74. The zero-order chi connectivity index (χ0) is 13.8. The first-order valence-corrected chi connectivity index (χ1v) is 7.59. The Bertz CT molecular complexity index is 410. The van der Waals surface area contributed by atoms with E-state index in [0.717, 1.165) is 29.5 Å². The second-order valence-electron chi connectivity index (χ2n) is 5.62. The Morgan fingerprint density at radius 3 is 2.58 bits per heavy atom. The smallest absolute Gasteiger partial charge is 0.131 e. The third-order valence-electron chi connectivity index (χ3n) is 3.88. The molecule has 0 bridgehead atoms. The van der Waals surface area contributed by atoms with E-state index < -0.39 is 0 Å². The standard InChI is InChI=1S/C14H25ClN4/c1-11(10-19-7-5-4-6-8-19)16-9-13-12(2)17-18(3)14(13)15/h11,16H,4-10H2,1-3H3. The van der Waals surface area contributed by atoms with Gasteiger partial charge in [0.25, 0.3) is 0 Å². The number of rotatable bonds is 5. The minimum Gasteiger partial charge on any atom is -0.309 e. The van der Waals surface area contributed by atoms with E-state index in [4.69, 9.17) is 11.6 Å². The Morgan fingerprint density at radius 2 is 2.00 bits per heavy atom. The second kappa shape index (κ2) is 6.73. The summed E-state index contributed by atoms with van der Waals surface area (Å²) in [5, 5.41) is 8.65. The molecular formula is C14H25ClN4. The molecule has 1 aliphatic rings. The minimum atomic E-state index is 0.480. The summed E-state index contributed by atoms with van der Waals surface area (Å²) >= 11 is 6.24. The summed E-state index contributed by atoms with van der Waals surface area (Å²) in [6, 6.07) is 0.480. The molecule has 2 rings (SSSR count). The molecule has 1 aromatic rings. The fourth-order valence-corrected chi connectivity index (χ4v) is 2.99. The molecule has 108 valence electrons. The maximum absolute atomic E-state index is 6.24. The van der Waals surface area contributed by atoms with Crippen LogP contribution in [0.15, 0.2) is 0 Å². The molecule has 0 amide bonds. The molecule has 1 aliphatic heterocycles. The molecule has 1 atom stereocenters. The lowest BCUT2D eigenvalue weighted by Crippen LogP contribution is -2.41. The van der Waals surface area contributed by atoms with E-state index in [-0.39, 0.29) is 0 Å². The molecule has 1 saturated heterocycles. The molecule has 1 fully saturated rings. The van der Waals surface area contributed by atoms with Gasteiger partial charge in [-0.15, -0.1) is 0 Å². The van der Waals surface area contributed by atoms with Crippen molar-refractivity contribution in [2.75, 3.05) is 19.6 Å². The fraction of sp³-hybridized carbons (Fsp3) is 0.786. The van der Waals surface area contributed by atoms with Gasteiger partial charge in [0.1, 0.15) is 5.15 Å². The Balaban J connectivity index is 1.80. The zero-order valence-electron chi connectivity index (χ0n) is 12.2. The van der Waals surface area contributed by atoms with Crippen molar-refractivity contribution in [2.45, 2.75) is 45.7 Å². The molecule has 4 nitrogen and oxygen atoms in total. The molecular weight excluding hydrogens is 260 g/mol.